The maximum absolute atomic E-state index is 12.0. The van der Waals surface area contributed by atoms with E-state index >= 15 is 0 Å². The van der Waals surface area contributed by atoms with Gasteiger partial charge in [-0.2, -0.15) is 0 Å². The van der Waals surface area contributed by atoms with Gasteiger partial charge in [0.05, 0.1) is 0 Å². The smallest absolute Gasteiger partial charge is 0.331 e. The molecule has 2 rings (SSSR count). The minimum absolute atomic E-state index is 0.0981. The van der Waals surface area contributed by atoms with Gasteiger partial charge in [-0.1, -0.05) is 0 Å². The Kier molecular flexibility index (Phi) is 2.75. The van der Waals surface area contributed by atoms with Crippen LogP contribution in [0.15, 0.2) is 24.3 Å². The minimum atomic E-state index is -0.269. The number of nitrogens with two attached hydrogens (primary N) is 1. The van der Waals surface area contributed by atoms with E-state index in [4.69, 9.17) is 5.73 Å². The van der Waals surface area contributed by atoms with Crippen LogP contribution in [-0.2, 0) is 4.79 Å². The van der Waals surface area contributed by atoms with Gasteiger partial charge < -0.3 is 5.73 Å². The number of anilines is 2. The van der Waals surface area contributed by atoms with Crippen LogP contribution in [0.3, 0.4) is 0 Å². The fourth-order valence-corrected chi connectivity index (χ4v) is 1.88. The van der Waals surface area contributed by atoms with Crippen molar-refractivity contribution >= 4 is 23.3 Å². The average Bonchev–Trinajstić information content (AvgIpc) is 2.55. The molecule has 3 amide bonds. The Morgan fingerprint density at radius 1 is 1.18 bits per heavy atom. The highest BCUT2D eigenvalue weighted by Crippen LogP contribution is 2.23. The van der Waals surface area contributed by atoms with Gasteiger partial charge in [0.2, 0.25) is 0 Å². The van der Waals surface area contributed by atoms with E-state index < -0.39 is 0 Å². The summed E-state index contributed by atoms with van der Waals surface area (Å²) >= 11 is 0. The van der Waals surface area contributed by atoms with E-state index in [1.165, 1.54) is 9.80 Å². The summed E-state index contributed by atoms with van der Waals surface area (Å²) in [5.41, 5.74) is 6.91. The number of imide groups is 1. The minimum Gasteiger partial charge on any atom is -0.399 e. The molecule has 0 bridgehead atoms. The fraction of sp³-hybridized carbons (Fsp3) is 0.333. The zero-order chi connectivity index (χ0) is 12.6. The summed E-state index contributed by atoms with van der Waals surface area (Å²) in [4.78, 5) is 26.5. The van der Waals surface area contributed by atoms with E-state index in [0.29, 0.717) is 11.4 Å². The third-order valence-corrected chi connectivity index (χ3v) is 2.72. The van der Waals surface area contributed by atoms with Crippen molar-refractivity contribution in [3.8, 4) is 0 Å². The van der Waals surface area contributed by atoms with Crippen LogP contribution in [0.4, 0.5) is 16.2 Å². The van der Waals surface area contributed by atoms with Crippen LogP contribution in [0.2, 0.25) is 0 Å². The summed E-state index contributed by atoms with van der Waals surface area (Å²) < 4.78 is 0. The molecular formula is C12H15N3O2. The Balaban J connectivity index is 2.27. The highest BCUT2D eigenvalue weighted by atomic mass is 16.2. The second-order valence-corrected chi connectivity index (χ2v) is 4.32. The number of carbonyl (C=O) groups excluding carboxylic acids is 2. The van der Waals surface area contributed by atoms with Crippen LogP contribution in [0.25, 0.3) is 0 Å². The zero-order valence-electron chi connectivity index (χ0n) is 9.88. The Morgan fingerprint density at radius 2 is 1.76 bits per heavy atom. The third kappa shape index (κ3) is 1.95. The van der Waals surface area contributed by atoms with Gasteiger partial charge in [0.15, 0.2) is 0 Å². The summed E-state index contributed by atoms with van der Waals surface area (Å²) in [6, 6.07) is 6.52. The molecule has 2 N–H and O–H groups in total. The topological polar surface area (TPSA) is 66.6 Å². The molecule has 1 aliphatic heterocycles. The summed E-state index contributed by atoms with van der Waals surface area (Å²) in [7, 11) is 0. The molecule has 0 radical (unpaired) electrons. The Labute approximate surface area is 99.8 Å². The molecule has 0 aromatic heterocycles. The monoisotopic (exact) mass is 233 g/mol. The number of hydrogen-bond acceptors (Lipinski definition) is 3. The molecule has 0 saturated carbocycles. The standard InChI is InChI=1S/C12H15N3O2/c1-8(2)15-11(16)7-14(12(15)17)10-5-3-9(13)4-6-10/h3-6,8H,7,13H2,1-2H3. The molecule has 1 aromatic carbocycles. The lowest BCUT2D eigenvalue weighted by atomic mass is 10.2. The molecule has 0 atom stereocenters. The maximum Gasteiger partial charge on any atom is 0.331 e. The molecule has 5 heteroatoms. The first kappa shape index (κ1) is 11.4. The first-order valence-corrected chi connectivity index (χ1v) is 5.50. The predicted octanol–water partition coefficient (Wildman–Crippen LogP) is 1.45. The van der Waals surface area contributed by atoms with Gasteiger partial charge in [0, 0.05) is 17.4 Å². The van der Waals surface area contributed by atoms with Gasteiger partial charge in [0.25, 0.3) is 5.91 Å². The normalized spacial score (nSPS) is 16.2. The number of carbonyl (C=O) groups is 2. The van der Waals surface area contributed by atoms with Crippen LogP contribution >= 0.6 is 0 Å². The maximum atomic E-state index is 12.0. The summed E-state index contributed by atoms with van der Waals surface area (Å²) in [6.45, 7) is 3.74. The first-order valence-electron chi connectivity index (χ1n) is 5.50. The first-order chi connectivity index (χ1) is 8.00. The lowest BCUT2D eigenvalue weighted by molar-refractivity contribution is -0.125. The van der Waals surface area contributed by atoms with Crippen LogP contribution < -0.4 is 10.6 Å². The van der Waals surface area contributed by atoms with E-state index in [0.717, 1.165) is 0 Å². The highest BCUT2D eigenvalue weighted by Gasteiger charge is 2.38. The Hall–Kier alpha value is -2.04. The molecule has 0 spiro atoms. The number of hydrogen-bond donors (Lipinski definition) is 1. The van der Waals surface area contributed by atoms with Crippen molar-refractivity contribution in [2.45, 2.75) is 19.9 Å². The molecule has 17 heavy (non-hydrogen) atoms. The van der Waals surface area contributed by atoms with Crippen molar-refractivity contribution in [1.29, 1.82) is 0 Å². The number of nitrogens with zero attached hydrogens (tertiary/aromatic N) is 2. The molecule has 0 aliphatic carbocycles. The largest absolute Gasteiger partial charge is 0.399 e. The van der Waals surface area contributed by atoms with Crippen molar-refractivity contribution < 1.29 is 9.59 Å². The highest BCUT2D eigenvalue weighted by molar-refractivity contribution is 6.12. The Morgan fingerprint density at radius 3 is 2.24 bits per heavy atom. The van der Waals surface area contributed by atoms with Crippen molar-refractivity contribution in [2.75, 3.05) is 17.2 Å². The van der Waals surface area contributed by atoms with Gasteiger partial charge >= 0.3 is 6.03 Å². The molecule has 1 fully saturated rings. The number of urea groups is 1. The summed E-state index contributed by atoms with van der Waals surface area (Å²) in [5, 5.41) is 0. The second kappa shape index (κ2) is 4.08. The van der Waals surface area contributed by atoms with E-state index in [2.05, 4.69) is 0 Å². The molecule has 1 heterocycles. The van der Waals surface area contributed by atoms with Gasteiger partial charge in [0.1, 0.15) is 6.54 Å². The third-order valence-electron chi connectivity index (χ3n) is 2.72. The number of rotatable bonds is 2. The summed E-state index contributed by atoms with van der Waals surface area (Å²) in [6.07, 6.45) is 0. The van der Waals surface area contributed by atoms with Crippen LogP contribution in [0, 0.1) is 0 Å². The van der Waals surface area contributed by atoms with Crippen LogP contribution in [0.1, 0.15) is 13.8 Å². The lowest BCUT2D eigenvalue weighted by Gasteiger charge is -2.19. The van der Waals surface area contributed by atoms with Crippen molar-refractivity contribution in [3.63, 3.8) is 0 Å². The number of nitrogen functional groups attached to an aromatic ring is 1. The molecule has 1 aliphatic rings. The molecule has 1 aromatic rings. The molecule has 0 unspecified atom stereocenters. The van der Waals surface area contributed by atoms with Gasteiger partial charge in [-0.05, 0) is 38.1 Å². The molecule has 5 nitrogen and oxygen atoms in total. The van der Waals surface area contributed by atoms with Gasteiger partial charge in [-0.15, -0.1) is 0 Å². The fourth-order valence-electron chi connectivity index (χ4n) is 1.88. The second-order valence-electron chi connectivity index (χ2n) is 4.32. The summed E-state index contributed by atoms with van der Waals surface area (Å²) in [5.74, 6) is -0.165. The van der Waals surface area contributed by atoms with Gasteiger partial charge in [-0.3, -0.25) is 14.6 Å². The number of amides is 3. The average molecular weight is 233 g/mol. The van der Waals surface area contributed by atoms with Crippen LogP contribution in [0.5, 0.6) is 0 Å². The quantitative estimate of drug-likeness (QED) is 0.621. The van der Waals surface area contributed by atoms with E-state index in [-0.39, 0.29) is 24.5 Å². The SMILES string of the molecule is CC(C)N1C(=O)CN(c2ccc(N)cc2)C1=O. The van der Waals surface area contributed by atoms with E-state index in [1.54, 1.807) is 24.3 Å². The predicted molar refractivity (Wildman–Crippen MR) is 65.6 cm³/mol. The van der Waals surface area contributed by atoms with Gasteiger partial charge in [-0.25, -0.2) is 4.79 Å². The number of benzene rings is 1. The molecule has 90 valence electrons. The van der Waals surface area contributed by atoms with Crippen molar-refractivity contribution in [1.82, 2.24) is 4.90 Å². The van der Waals surface area contributed by atoms with Crippen molar-refractivity contribution in [2.24, 2.45) is 0 Å². The van der Waals surface area contributed by atoms with E-state index in [9.17, 15) is 9.59 Å². The Bertz CT molecular complexity index is 453. The molecular weight excluding hydrogens is 218 g/mol. The molecule has 1 saturated heterocycles. The zero-order valence-corrected chi connectivity index (χ0v) is 9.88. The van der Waals surface area contributed by atoms with Crippen LogP contribution in [-0.4, -0.2) is 29.4 Å². The lowest BCUT2D eigenvalue weighted by Crippen LogP contribution is -2.38. The van der Waals surface area contributed by atoms with E-state index in [1.807, 2.05) is 13.8 Å². The van der Waals surface area contributed by atoms with Crippen molar-refractivity contribution in [3.05, 3.63) is 24.3 Å².